The first-order valence-corrected chi connectivity index (χ1v) is 50.3. The molecule has 5 aromatic heterocycles. The largest absolute Gasteiger partial charge is 0.416 e. The highest BCUT2D eigenvalue weighted by Crippen LogP contribution is 2.64. The van der Waals surface area contributed by atoms with Gasteiger partial charge >= 0.3 is 12.4 Å². The van der Waals surface area contributed by atoms with Crippen LogP contribution in [0, 0.1) is 49.7 Å². The molecular formula is C115H125F6N17O5. The Bertz CT molecular complexity index is 6930. The van der Waals surface area contributed by atoms with E-state index in [9.17, 15) is 60.8 Å². The fourth-order valence-electron chi connectivity index (χ4n) is 25.3. The molecule has 1 unspecified atom stereocenters. The number of aromatic amines is 5. The number of nitrogens with one attached hydrogen (secondary N) is 10. The Hall–Kier alpha value is -13.2. The predicted octanol–water partition coefficient (Wildman–Crippen LogP) is 25.5. The lowest BCUT2D eigenvalue weighted by molar-refractivity contribution is -0.138. The minimum absolute atomic E-state index is 0.0118. The van der Waals surface area contributed by atoms with Gasteiger partial charge in [0.2, 0.25) is 0 Å². The van der Waals surface area contributed by atoms with Gasteiger partial charge < -0.3 is 26.6 Å². The van der Waals surface area contributed by atoms with Crippen LogP contribution in [-0.4, -0.2) is 79.9 Å². The molecule has 4 fully saturated rings. The number of hydrogen-bond donors (Lipinski definition) is 10. The van der Waals surface area contributed by atoms with E-state index >= 15 is 0 Å². The number of halogens is 6. The van der Waals surface area contributed by atoms with Crippen molar-refractivity contribution in [1.82, 2.24) is 51.0 Å². The molecule has 22 nitrogen and oxygen atoms in total. The van der Waals surface area contributed by atoms with Crippen LogP contribution in [0.3, 0.4) is 0 Å². The molecule has 0 amide bonds. The van der Waals surface area contributed by atoms with E-state index < -0.39 is 50.6 Å². The van der Waals surface area contributed by atoms with Crippen molar-refractivity contribution in [2.45, 2.75) is 309 Å². The number of carbonyl (C=O) groups excluding carboxylic acids is 5. The van der Waals surface area contributed by atoms with E-state index in [1.807, 2.05) is 96.1 Å². The molecule has 0 saturated heterocycles. The van der Waals surface area contributed by atoms with E-state index in [1.165, 1.54) is 24.3 Å². The Morgan fingerprint density at radius 1 is 0.294 bits per heavy atom. The topological polar surface area (TPSA) is 336 Å². The molecule has 0 radical (unpaired) electrons. The fourth-order valence-corrected chi connectivity index (χ4v) is 25.3. The van der Waals surface area contributed by atoms with Crippen LogP contribution >= 0.6 is 0 Å². The highest BCUT2D eigenvalue weighted by molar-refractivity contribution is 6.07. The van der Waals surface area contributed by atoms with Crippen molar-refractivity contribution < 1.29 is 50.3 Å². The van der Waals surface area contributed by atoms with Gasteiger partial charge in [0.1, 0.15) is 0 Å². The van der Waals surface area contributed by atoms with Crippen LogP contribution in [0.1, 0.15) is 370 Å². The van der Waals surface area contributed by atoms with E-state index in [0.717, 1.165) is 218 Å². The first kappa shape index (κ1) is 97.2. The summed E-state index contributed by atoms with van der Waals surface area (Å²) in [5.74, 6) is 5.95. The standard InChI is InChI=1S/2C23H24F3N3O.2C23H24N4O.C23H29N3O/c2*1-21(2)10-15-17(16(30)11-21)22(3,13-5-4-6-14(9-13)23(24,25)26)18-19(12-7-8-12)28-29-20(18)27-15;2*1-22(2)10-16-18(17(28)11-22)23(3,15-6-4-5-13(9-15)12-24)19-20(14-7-8-14)26-27-21(19)25-16;1-21(2,3)19-18-20(26-25-19)24-15-12-22(4,5)13-16(27)17(15)23(18,6)14-10-8-7-9-11-14/h2*4-6,9,12H,7-8,10-11H2,1-3H3,(H2,27,28,29);2*4-6,9,14H,7-8,10-11H2,1-3H3,(H2,25,26,27);7-11H,12-13H2,1-6H3,(H2,24,25,26)/t2*22-;2*23-;/m1010./s1. The highest BCUT2D eigenvalue weighted by atomic mass is 19.4. The lowest BCUT2D eigenvalue weighted by Gasteiger charge is -2.44. The lowest BCUT2D eigenvalue weighted by Crippen LogP contribution is -2.42. The Labute approximate surface area is 829 Å². The van der Waals surface area contributed by atoms with Crippen LogP contribution in [0.2, 0.25) is 0 Å². The zero-order valence-corrected chi connectivity index (χ0v) is 84.6. The summed E-state index contributed by atoms with van der Waals surface area (Å²) in [6, 6.07) is 41.1. The van der Waals surface area contributed by atoms with Crippen molar-refractivity contribution in [3.8, 4) is 12.1 Å². The molecular weight excluding hydrogens is 1810 g/mol. The average molecular weight is 1940 g/mol. The van der Waals surface area contributed by atoms with E-state index in [1.54, 1.807) is 12.1 Å². The molecule has 0 spiro atoms. The van der Waals surface area contributed by atoms with Gasteiger partial charge in [-0.1, -0.05) is 181 Å². The van der Waals surface area contributed by atoms with E-state index in [-0.39, 0.29) is 61.4 Å². The molecule has 10 heterocycles. The summed E-state index contributed by atoms with van der Waals surface area (Å²) < 4.78 is 81.1. The maximum atomic E-state index is 13.5. The third kappa shape index (κ3) is 16.9. The summed E-state index contributed by atoms with van der Waals surface area (Å²) in [5, 5.41) is 74.9. The molecule has 28 heteroatoms. The quantitative estimate of drug-likeness (QED) is 0.0600. The van der Waals surface area contributed by atoms with Gasteiger partial charge in [0.25, 0.3) is 0 Å². The van der Waals surface area contributed by atoms with Crippen molar-refractivity contribution in [3.63, 3.8) is 0 Å². The first-order valence-electron chi connectivity index (χ1n) is 50.3. The van der Waals surface area contributed by atoms with Crippen LogP contribution in [0.15, 0.2) is 184 Å². The Balaban J connectivity index is 0.000000109. The number of nitrogens with zero attached hydrogens (tertiary/aromatic N) is 7. The van der Waals surface area contributed by atoms with Crippen molar-refractivity contribution >= 4 is 58.0 Å². The third-order valence-corrected chi connectivity index (χ3v) is 32.4. The van der Waals surface area contributed by atoms with Gasteiger partial charge in [-0.25, -0.2) is 0 Å². The SMILES string of the molecule is CC1(C)CC(=O)C2=C(C1)Nc1n[nH]c(C(C)(C)C)c1C2(C)c1ccccc1.CC1(C)CC(=O)C2=C(C1)Nc1n[nH]c(C3CC3)c1[C@@]2(C)c1cccc(C#N)c1.CC1(C)CC(=O)C2=C(C1)Nc1n[nH]c(C3CC3)c1[C@@]2(C)c1cccc(C(F)(F)F)c1.CC1(C)CC(=O)C2=C(C1)Nc1n[nH]c(C3CC3)c1[C@]2(C)c1cccc(C#N)c1.CC1(C)CC(=O)C2=C(C1)Nc1n[nH]c(C3CC3)c1[C@]2(C)c1cccc(C(F)(F)F)c1. The monoisotopic (exact) mass is 1940 g/mol. The number of anilines is 5. The molecule has 10 N–H and O–H groups in total. The summed E-state index contributed by atoms with van der Waals surface area (Å²) >= 11 is 0. The number of rotatable bonds is 9. The summed E-state index contributed by atoms with van der Waals surface area (Å²) in [6.45, 7) is 37.8. The van der Waals surface area contributed by atoms with Gasteiger partial charge in [-0.3, -0.25) is 49.5 Å². The number of carbonyl (C=O) groups is 5. The maximum Gasteiger partial charge on any atom is 0.416 e. The second-order valence-electron chi connectivity index (χ2n) is 48.2. The van der Waals surface area contributed by atoms with Crippen molar-refractivity contribution in [1.29, 1.82) is 10.5 Å². The van der Waals surface area contributed by atoms with Crippen molar-refractivity contribution in [2.24, 2.45) is 27.1 Å². The predicted molar refractivity (Wildman–Crippen MR) is 537 cm³/mol. The molecule has 0 bridgehead atoms. The molecule has 5 atom stereocenters. The number of Topliss-reactive ketones (excluding diaryl/α,β-unsaturated/α-hetero) is 5. The zero-order chi connectivity index (χ0) is 102. The third-order valence-electron chi connectivity index (χ3n) is 32.4. The summed E-state index contributed by atoms with van der Waals surface area (Å²) in [7, 11) is 0. The van der Waals surface area contributed by atoms with E-state index in [2.05, 4.69) is 197 Å². The second-order valence-corrected chi connectivity index (χ2v) is 48.2. The maximum absolute atomic E-state index is 13.5. The van der Waals surface area contributed by atoms with E-state index in [0.29, 0.717) is 114 Å². The minimum atomic E-state index is -4.45. The molecule has 14 aliphatic rings. The lowest BCUT2D eigenvalue weighted by atomic mass is 9.60. The Morgan fingerprint density at radius 2 is 0.524 bits per heavy atom. The van der Waals surface area contributed by atoms with Gasteiger partial charge in [0, 0.05) is 174 Å². The number of fused-ring (bicyclic) bond motifs is 5. The Kier molecular flexibility index (Phi) is 22.9. The molecule has 742 valence electrons. The smallest absolute Gasteiger partial charge is 0.342 e. The van der Waals surface area contributed by atoms with Gasteiger partial charge in [-0.15, -0.1) is 0 Å². The Morgan fingerprint density at radius 3 is 0.769 bits per heavy atom. The number of ketones is 5. The van der Waals surface area contributed by atoms with Crippen molar-refractivity contribution in [3.05, 3.63) is 290 Å². The van der Waals surface area contributed by atoms with Gasteiger partial charge in [-0.2, -0.15) is 62.4 Å². The van der Waals surface area contributed by atoms with Gasteiger partial charge in [0.05, 0.1) is 61.5 Å². The van der Waals surface area contributed by atoms with Crippen LogP contribution in [0.25, 0.3) is 0 Å². The summed E-state index contributed by atoms with van der Waals surface area (Å²) in [5.41, 5.74) is 17.8. The molecule has 10 aromatic rings. The summed E-state index contributed by atoms with van der Waals surface area (Å²) in [6.07, 6.45) is 5.91. The number of H-pyrrole nitrogens is 5. The first-order chi connectivity index (χ1) is 67.2. The molecule has 5 aliphatic heterocycles. The number of hydrogen-bond acceptors (Lipinski definition) is 17. The molecule has 5 aromatic carbocycles. The molecule has 9 aliphatic carbocycles. The fraction of sp³-hybridized carbons (Fsp3) is 0.461. The van der Waals surface area contributed by atoms with Crippen LogP contribution in [0.5, 0.6) is 0 Å². The highest BCUT2D eigenvalue weighted by Gasteiger charge is 2.59. The van der Waals surface area contributed by atoms with Crippen LogP contribution < -0.4 is 26.6 Å². The number of nitriles is 2. The van der Waals surface area contributed by atoms with Gasteiger partial charge in [-0.05, 0) is 209 Å². The number of aromatic nitrogens is 10. The average Bonchev–Trinajstić information content (AvgIpc) is 1.64. The number of benzene rings is 5. The molecule has 143 heavy (non-hydrogen) atoms. The molecule has 4 saturated carbocycles. The van der Waals surface area contributed by atoms with Crippen LogP contribution in [0.4, 0.5) is 55.4 Å². The minimum Gasteiger partial charge on any atom is -0.342 e. The number of alkyl halides is 6. The number of allylic oxidation sites excluding steroid dienone is 10. The second kappa shape index (κ2) is 33.7. The van der Waals surface area contributed by atoms with Gasteiger partial charge in [0.15, 0.2) is 58.0 Å². The van der Waals surface area contributed by atoms with Crippen molar-refractivity contribution in [2.75, 3.05) is 26.6 Å². The summed E-state index contributed by atoms with van der Waals surface area (Å²) in [4.78, 5) is 67.0. The van der Waals surface area contributed by atoms with E-state index in [4.69, 9.17) is 0 Å². The zero-order valence-electron chi connectivity index (χ0n) is 84.6. The normalized spacial score (nSPS) is 25.3. The van der Waals surface area contributed by atoms with Crippen LogP contribution in [-0.2, 0) is 68.8 Å². The molecule has 24 rings (SSSR count).